The lowest BCUT2D eigenvalue weighted by atomic mass is 10.1. The van der Waals surface area contributed by atoms with Crippen molar-refractivity contribution in [3.8, 4) is 5.75 Å². The number of aliphatic hydroxyl groups is 1. The molecule has 2 N–H and O–H groups in total. The van der Waals surface area contributed by atoms with Gasteiger partial charge in [0.2, 0.25) is 0 Å². The molecule has 0 aliphatic heterocycles. The molecule has 0 aromatic heterocycles. The zero-order valence-corrected chi connectivity index (χ0v) is 13.3. The molecule has 0 aliphatic carbocycles. The van der Waals surface area contributed by atoms with Gasteiger partial charge in [-0.15, -0.1) is 0 Å². The van der Waals surface area contributed by atoms with Crippen molar-refractivity contribution < 1.29 is 9.84 Å². The van der Waals surface area contributed by atoms with Gasteiger partial charge in [-0.3, -0.25) is 0 Å². The predicted octanol–water partition coefficient (Wildman–Crippen LogP) is 3.16. The Labute approximate surface area is 123 Å². The number of hydrogen-bond donors (Lipinski definition) is 2. The molecule has 0 saturated heterocycles. The summed E-state index contributed by atoms with van der Waals surface area (Å²) in [5, 5.41) is 13.4. The topological polar surface area (TPSA) is 41.5 Å². The van der Waals surface area contributed by atoms with E-state index in [-0.39, 0.29) is 0 Å². The first-order valence-corrected chi connectivity index (χ1v) is 7.64. The van der Waals surface area contributed by atoms with Crippen LogP contribution in [0.2, 0.25) is 0 Å². The Morgan fingerprint density at radius 1 is 1.25 bits per heavy atom. The molecule has 1 rings (SSSR count). The molecule has 0 heterocycles. The maximum atomic E-state index is 9.91. The van der Waals surface area contributed by atoms with Gasteiger partial charge in [0.05, 0.1) is 5.60 Å². The van der Waals surface area contributed by atoms with Crippen LogP contribution >= 0.6 is 0 Å². The normalized spacial score (nSPS) is 15.7. The highest BCUT2D eigenvalue weighted by Crippen LogP contribution is 2.16. The maximum absolute atomic E-state index is 9.91. The van der Waals surface area contributed by atoms with Gasteiger partial charge < -0.3 is 15.2 Å². The van der Waals surface area contributed by atoms with Gasteiger partial charge in [0, 0.05) is 6.04 Å². The zero-order valence-electron chi connectivity index (χ0n) is 13.3. The van der Waals surface area contributed by atoms with Gasteiger partial charge in [0.15, 0.2) is 0 Å². The standard InChI is InChI=1S/C17H29NO2/c1-5-11-18-14(3)12-15-7-9-16(10-8-15)20-13-17(4,19)6-2/h7-10,14,18-19H,5-6,11-13H2,1-4H3. The Morgan fingerprint density at radius 3 is 2.45 bits per heavy atom. The number of benzene rings is 1. The van der Waals surface area contributed by atoms with E-state index in [4.69, 9.17) is 4.74 Å². The van der Waals surface area contributed by atoms with E-state index in [0.29, 0.717) is 19.1 Å². The van der Waals surface area contributed by atoms with Crippen LogP contribution in [0.1, 0.15) is 46.1 Å². The SMILES string of the molecule is CCCNC(C)Cc1ccc(OCC(C)(O)CC)cc1. The molecule has 20 heavy (non-hydrogen) atoms. The summed E-state index contributed by atoms with van der Waals surface area (Å²) in [6, 6.07) is 8.64. The molecule has 0 bridgehead atoms. The van der Waals surface area contributed by atoms with Crippen LogP contribution in [-0.4, -0.2) is 29.9 Å². The number of hydrogen-bond acceptors (Lipinski definition) is 3. The molecule has 0 amide bonds. The molecule has 2 atom stereocenters. The number of nitrogens with one attached hydrogen (secondary N) is 1. The summed E-state index contributed by atoms with van der Waals surface area (Å²) in [4.78, 5) is 0. The highest BCUT2D eigenvalue weighted by molar-refractivity contribution is 5.27. The van der Waals surface area contributed by atoms with Crippen LogP contribution in [0.4, 0.5) is 0 Å². The van der Waals surface area contributed by atoms with E-state index in [2.05, 4.69) is 31.3 Å². The third kappa shape index (κ3) is 6.40. The van der Waals surface area contributed by atoms with Gasteiger partial charge in [0.1, 0.15) is 12.4 Å². The van der Waals surface area contributed by atoms with E-state index >= 15 is 0 Å². The van der Waals surface area contributed by atoms with Crippen molar-refractivity contribution in [2.75, 3.05) is 13.2 Å². The van der Waals surface area contributed by atoms with Crippen molar-refractivity contribution in [1.82, 2.24) is 5.32 Å². The molecule has 1 aromatic carbocycles. The van der Waals surface area contributed by atoms with Crippen molar-refractivity contribution in [2.45, 2.75) is 58.6 Å². The summed E-state index contributed by atoms with van der Waals surface area (Å²) in [6.45, 7) is 9.53. The molecule has 0 fully saturated rings. The average Bonchev–Trinajstić information content (AvgIpc) is 2.44. The maximum Gasteiger partial charge on any atom is 0.119 e. The van der Waals surface area contributed by atoms with Gasteiger partial charge in [-0.1, -0.05) is 26.0 Å². The zero-order chi connectivity index (χ0) is 15.0. The monoisotopic (exact) mass is 279 g/mol. The number of rotatable bonds is 9. The lowest BCUT2D eigenvalue weighted by Gasteiger charge is -2.21. The van der Waals surface area contributed by atoms with Crippen molar-refractivity contribution in [1.29, 1.82) is 0 Å². The first-order chi connectivity index (χ1) is 9.46. The summed E-state index contributed by atoms with van der Waals surface area (Å²) in [5.74, 6) is 0.816. The van der Waals surface area contributed by atoms with Crippen molar-refractivity contribution in [3.63, 3.8) is 0 Å². The van der Waals surface area contributed by atoms with Gasteiger partial charge >= 0.3 is 0 Å². The van der Waals surface area contributed by atoms with Crippen molar-refractivity contribution >= 4 is 0 Å². The van der Waals surface area contributed by atoms with E-state index in [1.165, 1.54) is 5.56 Å². The lowest BCUT2D eigenvalue weighted by Crippen LogP contribution is -2.31. The van der Waals surface area contributed by atoms with Gasteiger partial charge in [0.25, 0.3) is 0 Å². The fourth-order valence-corrected chi connectivity index (χ4v) is 1.88. The molecule has 114 valence electrons. The fourth-order valence-electron chi connectivity index (χ4n) is 1.88. The molecule has 2 unspecified atom stereocenters. The second-order valence-electron chi connectivity index (χ2n) is 5.84. The van der Waals surface area contributed by atoms with E-state index in [1.807, 2.05) is 19.1 Å². The number of ether oxygens (including phenoxy) is 1. The molecule has 0 aliphatic rings. The highest BCUT2D eigenvalue weighted by atomic mass is 16.5. The summed E-state index contributed by atoms with van der Waals surface area (Å²) >= 11 is 0. The summed E-state index contributed by atoms with van der Waals surface area (Å²) in [7, 11) is 0. The molecule has 3 nitrogen and oxygen atoms in total. The molecule has 0 radical (unpaired) electrons. The largest absolute Gasteiger partial charge is 0.491 e. The smallest absolute Gasteiger partial charge is 0.119 e. The van der Waals surface area contributed by atoms with Gasteiger partial charge in [-0.2, -0.15) is 0 Å². The molecule has 3 heteroatoms. The summed E-state index contributed by atoms with van der Waals surface area (Å²) < 4.78 is 5.62. The van der Waals surface area contributed by atoms with E-state index in [9.17, 15) is 5.11 Å². The average molecular weight is 279 g/mol. The molecular formula is C17H29NO2. The second-order valence-corrected chi connectivity index (χ2v) is 5.84. The lowest BCUT2D eigenvalue weighted by molar-refractivity contribution is 0.00846. The van der Waals surface area contributed by atoms with Crippen LogP contribution < -0.4 is 10.1 Å². The van der Waals surface area contributed by atoms with Crippen LogP contribution in [-0.2, 0) is 6.42 Å². The van der Waals surface area contributed by atoms with Crippen LogP contribution in [0.25, 0.3) is 0 Å². The van der Waals surface area contributed by atoms with Crippen molar-refractivity contribution in [3.05, 3.63) is 29.8 Å². The third-order valence-corrected chi connectivity index (χ3v) is 3.52. The van der Waals surface area contributed by atoms with E-state index in [0.717, 1.165) is 25.1 Å². The van der Waals surface area contributed by atoms with Crippen LogP contribution in [0.5, 0.6) is 5.75 Å². The molecule has 0 saturated carbocycles. The minimum Gasteiger partial charge on any atom is -0.491 e. The first kappa shape index (κ1) is 17.0. The van der Waals surface area contributed by atoms with Crippen molar-refractivity contribution in [2.24, 2.45) is 0 Å². The minimum absolute atomic E-state index is 0.331. The molecule has 1 aromatic rings. The Bertz CT molecular complexity index is 373. The predicted molar refractivity (Wildman–Crippen MR) is 84.3 cm³/mol. The van der Waals surface area contributed by atoms with Crippen LogP contribution in [0, 0.1) is 0 Å². The minimum atomic E-state index is -0.753. The first-order valence-electron chi connectivity index (χ1n) is 7.64. The molecule has 0 spiro atoms. The Morgan fingerprint density at radius 2 is 1.90 bits per heavy atom. The Hall–Kier alpha value is -1.06. The molecular weight excluding hydrogens is 250 g/mol. The quantitative estimate of drug-likeness (QED) is 0.729. The van der Waals surface area contributed by atoms with Gasteiger partial charge in [-0.05, 0) is 57.4 Å². The van der Waals surface area contributed by atoms with Crippen LogP contribution in [0.3, 0.4) is 0 Å². The fraction of sp³-hybridized carbons (Fsp3) is 0.647. The second kappa shape index (κ2) is 8.28. The van der Waals surface area contributed by atoms with Gasteiger partial charge in [-0.25, -0.2) is 0 Å². The highest BCUT2D eigenvalue weighted by Gasteiger charge is 2.18. The summed E-state index contributed by atoms with van der Waals surface area (Å²) in [5.41, 5.74) is 0.549. The van der Waals surface area contributed by atoms with Crippen LogP contribution in [0.15, 0.2) is 24.3 Å². The third-order valence-electron chi connectivity index (χ3n) is 3.52. The van der Waals surface area contributed by atoms with E-state index in [1.54, 1.807) is 6.92 Å². The Kier molecular flexibility index (Phi) is 7.03. The summed E-state index contributed by atoms with van der Waals surface area (Å²) in [6.07, 6.45) is 2.87. The van der Waals surface area contributed by atoms with E-state index < -0.39 is 5.60 Å². The Balaban J connectivity index is 2.44.